The quantitative estimate of drug-likeness (QED) is 0.580. The van der Waals surface area contributed by atoms with E-state index in [4.69, 9.17) is 26.2 Å². The lowest BCUT2D eigenvalue weighted by molar-refractivity contribution is 0.267. The Morgan fingerprint density at radius 2 is 2.04 bits per heavy atom. The van der Waals surface area contributed by atoms with Crippen LogP contribution in [0.1, 0.15) is 18.1 Å². The molecule has 0 spiro atoms. The first kappa shape index (κ1) is 20.0. The summed E-state index contributed by atoms with van der Waals surface area (Å²) in [5, 5.41) is 12.3. The van der Waals surface area contributed by atoms with Gasteiger partial charge < -0.3 is 19.9 Å². The Labute approximate surface area is 160 Å². The maximum absolute atomic E-state index is 13.1. The number of aliphatic hydroxyl groups is 1. The van der Waals surface area contributed by atoms with Crippen molar-refractivity contribution in [2.75, 3.05) is 19.8 Å². The van der Waals surface area contributed by atoms with Crippen molar-refractivity contribution in [1.29, 1.82) is 0 Å². The molecular formula is C18H20BrClFNO3. The molecule has 0 saturated carbocycles. The number of aliphatic hydroxyl groups excluding tert-OH is 1. The predicted molar refractivity (Wildman–Crippen MR) is 99.8 cm³/mol. The summed E-state index contributed by atoms with van der Waals surface area (Å²) in [6.07, 6.45) is 0. The summed E-state index contributed by atoms with van der Waals surface area (Å²) < 4.78 is 25.4. The molecular weight excluding hydrogens is 413 g/mol. The molecule has 0 amide bonds. The second-order valence-electron chi connectivity index (χ2n) is 5.26. The fourth-order valence-corrected chi connectivity index (χ4v) is 3.05. The monoisotopic (exact) mass is 431 g/mol. The Balaban J connectivity index is 2.17. The van der Waals surface area contributed by atoms with Crippen molar-refractivity contribution in [3.63, 3.8) is 0 Å². The maximum Gasteiger partial charge on any atom is 0.175 e. The van der Waals surface area contributed by atoms with Gasteiger partial charge in [-0.25, -0.2) is 4.39 Å². The van der Waals surface area contributed by atoms with Gasteiger partial charge in [-0.3, -0.25) is 0 Å². The minimum Gasteiger partial charge on any atom is -0.490 e. The summed E-state index contributed by atoms with van der Waals surface area (Å²) in [6.45, 7) is 3.78. The molecule has 2 aromatic carbocycles. The first-order valence-corrected chi connectivity index (χ1v) is 9.05. The van der Waals surface area contributed by atoms with E-state index in [1.54, 1.807) is 6.07 Å². The zero-order valence-corrected chi connectivity index (χ0v) is 16.2. The van der Waals surface area contributed by atoms with Gasteiger partial charge in [-0.1, -0.05) is 17.7 Å². The Hall–Kier alpha value is -1.34. The highest BCUT2D eigenvalue weighted by atomic mass is 79.9. The number of halogens is 3. The highest BCUT2D eigenvalue weighted by Gasteiger charge is 2.13. The summed E-state index contributed by atoms with van der Waals surface area (Å²) in [4.78, 5) is 0. The lowest BCUT2D eigenvalue weighted by Crippen LogP contribution is -2.17. The van der Waals surface area contributed by atoms with E-state index in [-0.39, 0.29) is 19.0 Å². The largest absolute Gasteiger partial charge is 0.490 e. The van der Waals surface area contributed by atoms with Gasteiger partial charge in [0.1, 0.15) is 12.4 Å². The van der Waals surface area contributed by atoms with Gasteiger partial charge in [0.15, 0.2) is 11.5 Å². The average Bonchev–Trinajstić information content (AvgIpc) is 2.56. The predicted octanol–water partition coefficient (Wildman–Crippen LogP) is 4.30. The van der Waals surface area contributed by atoms with Gasteiger partial charge in [0, 0.05) is 18.7 Å². The summed E-state index contributed by atoms with van der Waals surface area (Å²) in [5.74, 6) is 0.786. The molecule has 7 heteroatoms. The van der Waals surface area contributed by atoms with Crippen molar-refractivity contribution in [3.05, 3.63) is 56.8 Å². The molecule has 0 saturated heterocycles. The molecule has 0 heterocycles. The third-order valence-electron chi connectivity index (χ3n) is 3.37. The molecule has 0 bridgehead atoms. The number of ether oxygens (including phenoxy) is 2. The van der Waals surface area contributed by atoms with Gasteiger partial charge in [-0.15, -0.1) is 0 Å². The molecule has 4 nitrogen and oxygen atoms in total. The van der Waals surface area contributed by atoms with Crippen molar-refractivity contribution in [1.82, 2.24) is 5.32 Å². The second kappa shape index (κ2) is 9.97. The van der Waals surface area contributed by atoms with Crippen LogP contribution in [0.5, 0.6) is 11.5 Å². The molecule has 2 aromatic rings. The topological polar surface area (TPSA) is 50.7 Å². The van der Waals surface area contributed by atoms with Crippen molar-refractivity contribution < 1.29 is 19.0 Å². The van der Waals surface area contributed by atoms with Crippen LogP contribution in [0.15, 0.2) is 34.8 Å². The molecule has 0 aliphatic heterocycles. The van der Waals surface area contributed by atoms with Crippen molar-refractivity contribution in [2.24, 2.45) is 0 Å². The molecule has 136 valence electrons. The lowest BCUT2D eigenvalue weighted by Gasteiger charge is -2.16. The summed E-state index contributed by atoms with van der Waals surface area (Å²) in [5.41, 5.74) is 1.68. The van der Waals surface area contributed by atoms with Crippen LogP contribution in [0.25, 0.3) is 0 Å². The minimum absolute atomic E-state index is 0.0825. The maximum atomic E-state index is 13.1. The van der Waals surface area contributed by atoms with Crippen LogP contribution in [-0.4, -0.2) is 24.9 Å². The molecule has 2 N–H and O–H groups in total. The van der Waals surface area contributed by atoms with Gasteiger partial charge in [0.05, 0.1) is 22.7 Å². The van der Waals surface area contributed by atoms with Crippen LogP contribution in [0.4, 0.5) is 4.39 Å². The summed E-state index contributed by atoms with van der Waals surface area (Å²) in [7, 11) is 0. The SMILES string of the molecule is CCOc1cc(CNCCO)cc(Br)c1OCc1ccc(F)cc1Cl. The molecule has 0 aromatic heterocycles. The van der Waals surface area contributed by atoms with E-state index in [2.05, 4.69) is 21.2 Å². The molecule has 0 atom stereocenters. The molecule has 0 fully saturated rings. The van der Waals surface area contributed by atoms with Crippen LogP contribution in [0, 0.1) is 5.82 Å². The first-order valence-electron chi connectivity index (χ1n) is 7.88. The van der Waals surface area contributed by atoms with Gasteiger partial charge in [0.2, 0.25) is 0 Å². The number of hydrogen-bond acceptors (Lipinski definition) is 4. The van der Waals surface area contributed by atoms with Gasteiger partial charge in [0.25, 0.3) is 0 Å². The standard InChI is InChI=1S/C18H20BrClFNO3/c1-2-24-17-8-12(10-22-5-6-23)7-15(19)18(17)25-11-13-3-4-14(21)9-16(13)20/h3-4,7-9,22-23H,2,5-6,10-11H2,1H3. The number of rotatable bonds is 9. The Kier molecular flexibility index (Phi) is 7.96. The van der Waals surface area contributed by atoms with Crippen molar-refractivity contribution in [3.8, 4) is 11.5 Å². The number of nitrogens with one attached hydrogen (secondary N) is 1. The van der Waals surface area contributed by atoms with Gasteiger partial charge in [-0.2, -0.15) is 0 Å². The summed E-state index contributed by atoms with van der Waals surface area (Å²) in [6, 6.07) is 8.02. The van der Waals surface area contributed by atoms with E-state index in [1.807, 2.05) is 19.1 Å². The van der Waals surface area contributed by atoms with Crippen LogP contribution in [-0.2, 0) is 13.2 Å². The smallest absolute Gasteiger partial charge is 0.175 e. The normalized spacial score (nSPS) is 10.8. The number of hydrogen-bond donors (Lipinski definition) is 2. The summed E-state index contributed by atoms with van der Waals surface area (Å²) >= 11 is 9.55. The second-order valence-corrected chi connectivity index (χ2v) is 6.52. The highest BCUT2D eigenvalue weighted by Crippen LogP contribution is 2.37. The van der Waals surface area contributed by atoms with E-state index in [0.29, 0.717) is 41.8 Å². The Morgan fingerprint density at radius 3 is 2.72 bits per heavy atom. The Morgan fingerprint density at radius 1 is 1.24 bits per heavy atom. The zero-order chi connectivity index (χ0) is 18.2. The van der Waals surface area contributed by atoms with Crippen molar-refractivity contribution >= 4 is 27.5 Å². The molecule has 0 aliphatic carbocycles. The van der Waals surface area contributed by atoms with Crippen LogP contribution < -0.4 is 14.8 Å². The zero-order valence-electron chi connectivity index (χ0n) is 13.8. The van der Waals surface area contributed by atoms with E-state index in [1.165, 1.54) is 12.1 Å². The van der Waals surface area contributed by atoms with E-state index in [9.17, 15) is 4.39 Å². The van der Waals surface area contributed by atoms with Crippen LogP contribution >= 0.6 is 27.5 Å². The number of benzene rings is 2. The highest BCUT2D eigenvalue weighted by molar-refractivity contribution is 9.10. The minimum atomic E-state index is -0.385. The van der Waals surface area contributed by atoms with Crippen LogP contribution in [0.3, 0.4) is 0 Å². The van der Waals surface area contributed by atoms with E-state index >= 15 is 0 Å². The molecule has 0 unspecified atom stereocenters. The lowest BCUT2D eigenvalue weighted by atomic mass is 10.2. The van der Waals surface area contributed by atoms with E-state index < -0.39 is 0 Å². The van der Waals surface area contributed by atoms with E-state index in [0.717, 1.165) is 10.0 Å². The molecule has 0 aliphatic rings. The Bertz CT molecular complexity index is 715. The average molecular weight is 433 g/mol. The van der Waals surface area contributed by atoms with Crippen LogP contribution in [0.2, 0.25) is 5.02 Å². The fourth-order valence-electron chi connectivity index (χ4n) is 2.23. The van der Waals surface area contributed by atoms with Gasteiger partial charge in [-0.05, 0) is 52.7 Å². The fraction of sp³-hybridized carbons (Fsp3) is 0.333. The third kappa shape index (κ3) is 5.85. The first-order chi connectivity index (χ1) is 12.0. The molecule has 2 rings (SSSR count). The molecule has 0 radical (unpaired) electrons. The van der Waals surface area contributed by atoms with Gasteiger partial charge >= 0.3 is 0 Å². The molecule has 25 heavy (non-hydrogen) atoms. The van der Waals surface area contributed by atoms with Crippen molar-refractivity contribution in [2.45, 2.75) is 20.1 Å². The third-order valence-corrected chi connectivity index (χ3v) is 4.31.